The highest BCUT2D eigenvalue weighted by molar-refractivity contribution is 6.03. The number of nitrogens with zero attached hydrogens (tertiary/aromatic N) is 2. The first-order chi connectivity index (χ1) is 10.6. The predicted octanol–water partition coefficient (Wildman–Crippen LogP) is 1.69. The Morgan fingerprint density at radius 3 is 2.36 bits per heavy atom. The van der Waals surface area contributed by atoms with Crippen LogP contribution in [0.3, 0.4) is 0 Å². The number of carbonyl (C=O) groups is 2. The molecule has 0 aliphatic carbocycles. The van der Waals surface area contributed by atoms with Crippen molar-refractivity contribution in [2.45, 2.75) is 6.92 Å². The van der Waals surface area contributed by atoms with E-state index in [2.05, 4.69) is 25.6 Å². The van der Waals surface area contributed by atoms with E-state index in [0.29, 0.717) is 0 Å². The first-order valence-electron chi connectivity index (χ1n) is 6.32. The van der Waals surface area contributed by atoms with E-state index in [1.54, 1.807) is 25.3 Å². The predicted molar refractivity (Wildman–Crippen MR) is 79.3 cm³/mol. The number of methoxy groups -OCH3 is 1. The summed E-state index contributed by atoms with van der Waals surface area (Å²) in [5.41, 5.74) is 0.830. The molecule has 2 aromatic rings. The maximum absolute atomic E-state index is 11.8. The number of amides is 2. The van der Waals surface area contributed by atoms with Gasteiger partial charge in [0.25, 0.3) is 0 Å². The maximum atomic E-state index is 11.8. The monoisotopic (exact) mass is 302 g/mol. The van der Waals surface area contributed by atoms with Crippen LogP contribution in [0.1, 0.15) is 12.5 Å². The van der Waals surface area contributed by atoms with Gasteiger partial charge in [0.05, 0.1) is 7.11 Å². The van der Waals surface area contributed by atoms with Gasteiger partial charge in [-0.05, 0) is 34.1 Å². The van der Waals surface area contributed by atoms with E-state index in [0.717, 1.165) is 11.3 Å². The Morgan fingerprint density at radius 1 is 1.14 bits per heavy atom. The van der Waals surface area contributed by atoms with Gasteiger partial charge in [-0.1, -0.05) is 12.1 Å². The average molecular weight is 302 g/mol. The van der Waals surface area contributed by atoms with E-state index >= 15 is 0 Å². The van der Waals surface area contributed by atoms with E-state index in [4.69, 9.17) is 4.74 Å². The highest BCUT2D eigenvalue weighted by Crippen LogP contribution is 2.16. The van der Waals surface area contributed by atoms with Crippen molar-refractivity contribution < 1.29 is 19.0 Å². The van der Waals surface area contributed by atoms with Gasteiger partial charge >= 0.3 is 0 Å². The Kier molecular flexibility index (Phi) is 4.86. The number of aromatic nitrogens is 2. The first kappa shape index (κ1) is 15.2. The number of ether oxygens (including phenoxy) is 1. The van der Waals surface area contributed by atoms with Crippen molar-refractivity contribution in [1.29, 1.82) is 0 Å². The zero-order valence-corrected chi connectivity index (χ0v) is 12.0. The number of rotatable bonds is 5. The molecule has 8 heteroatoms. The molecule has 1 aromatic carbocycles. The lowest BCUT2D eigenvalue weighted by Crippen LogP contribution is -2.12. The molecule has 0 fully saturated rings. The molecule has 22 heavy (non-hydrogen) atoms. The number of hydrogen-bond donors (Lipinski definition) is 2. The topological polar surface area (TPSA) is 106 Å². The molecule has 0 radical (unpaired) electrons. The van der Waals surface area contributed by atoms with Gasteiger partial charge in [0, 0.05) is 13.0 Å². The number of hydrogen-bond acceptors (Lipinski definition) is 6. The number of nitrogens with one attached hydrogen (secondary N) is 2. The second-order valence-electron chi connectivity index (χ2n) is 4.24. The summed E-state index contributed by atoms with van der Waals surface area (Å²) in [5.74, 6) is 0.0478. The van der Waals surface area contributed by atoms with Crippen LogP contribution < -0.4 is 15.4 Å². The van der Waals surface area contributed by atoms with Gasteiger partial charge in [0.1, 0.15) is 5.75 Å². The molecule has 0 saturated carbocycles. The smallest absolute Gasteiger partial charge is 0.249 e. The molecule has 0 atom stereocenters. The molecule has 114 valence electrons. The Morgan fingerprint density at radius 2 is 1.77 bits per heavy atom. The number of carbonyl (C=O) groups excluding carboxylic acids is 2. The third-order valence-electron chi connectivity index (χ3n) is 2.57. The van der Waals surface area contributed by atoms with Crippen molar-refractivity contribution in [3.63, 3.8) is 0 Å². The Bertz CT molecular complexity index is 691. The summed E-state index contributed by atoms with van der Waals surface area (Å²) < 4.78 is 9.51. The van der Waals surface area contributed by atoms with Crippen molar-refractivity contribution in [2.75, 3.05) is 17.7 Å². The summed E-state index contributed by atoms with van der Waals surface area (Å²) in [5, 5.41) is 11.8. The highest BCUT2D eigenvalue weighted by Gasteiger charge is 2.12. The fraction of sp³-hybridized carbons (Fsp3) is 0.143. The van der Waals surface area contributed by atoms with Crippen LogP contribution in [-0.2, 0) is 9.59 Å². The van der Waals surface area contributed by atoms with E-state index in [1.807, 2.05) is 12.1 Å². The Hall–Kier alpha value is -3.16. The third-order valence-corrected chi connectivity index (χ3v) is 2.57. The van der Waals surface area contributed by atoms with E-state index < -0.39 is 5.91 Å². The molecular weight excluding hydrogens is 288 g/mol. The maximum Gasteiger partial charge on any atom is 0.249 e. The summed E-state index contributed by atoms with van der Waals surface area (Å²) >= 11 is 0. The molecular formula is C14H14N4O4. The average Bonchev–Trinajstić information content (AvgIpc) is 2.92. The van der Waals surface area contributed by atoms with Gasteiger partial charge in [-0.2, -0.15) is 0 Å². The second-order valence-corrected chi connectivity index (χ2v) is 4.24. The molecule has 0 aliphatic heterocycles. The summed E-state index contributed by atoms with van der Waals surface area (Å²) in [6.45, 7) is 1.31. The van der Waals surface area contributed by atoms with Gasteiger partial charge < -0.3 is 15.4 Å². The van der Waals surface area contributed by atoms with Gasteiger partial charge in [-0.3, -0.25) is 9.59 Å². The minimum Gasteiger partial charge on any atom is -0.497 e. The van der Waals surface area contributed by atoms with Gasteiger partial charge in [0.15, 0.2) is 0 Å². The zero-order chi connectivity index (χ0) is 15.9. The second kappa shape index (κ2) is 7.02. The Balaban J connectivity index is 1.98. The van der Waals surface area contributed by atoms with Crippen LogP contribution in [0.5, 0.6) is 5.75 Å². The van der Waals surface area contributed by atoms with Crippen molar-refractivity contribution in [3.8, 4) is 5.75 Å². The van der Waals surface area contributed by atoms with E-state index in [9.17, 15) is 9.59 Å². The highest BCUT2D eigenvalue weighted by atomic mass is 16.6. The van der Waals surface area contributed by atoms with Crippen molar-refractivity contribution in [2.24, 2.45) is 0 Å². The van der Waals surface area contributed by atoms with Crippen LogP contribution in [0, 0.1) is 0 Å². The molecule has 0 spiro atoms. The van der Waals surface area contributed by atoms with Crippen LogP contribution in [-0.4, -0.2) is 29.2 Å². The lowest BCUT2D eigenvalue weighted by molar-refractivity contribution is -0.114. The van der Waals surface area contributed by atoms with Gasteiger partial charge in [-0.15, -0.1) is 0 Å². The fourth-order valence-electron chi connectivity index (χ4n) is 1.56. The summed E-state index contributed by atoms with van der Waals surface area (Å²) in [4.78, 5) is 22.8. The van der Waals surface area contributed by atoms with Crippen LogP contribution in [0.2, 0.25) is 0 Å². The molecule has 0 saturated heterocycles. The molecule has 1 heterocycles. The molecule has 2 rings (SSSR count). The standard InChI is InChI=1S/C14H14N4O4/c1-9(19)15-13-14(18-22-17-13)16-12(20)8-5-10-3-6-11(21-2)7-4-10/h3-8H,1-2H3,(H,15,17,19)(H,16,18,20)/b8-5-. The van der Waals surface area contributed by atoms with E-state index in [1.165, 1.54) is 13.0 Å². The lowest BCUT2D eigenvalue weighted by Gasteiger charge is -2.00. The van der Waals surface area contributed by atoms with Crippen molar-refractivity contribution in [3.05, 3.63) is 35.9 Å². The van der Waals surface area contributed by atoms with Crippen LogP contribution in [0.15, 0.2) is 35.0 Å². The molecule has 0 bridgehead atoms. The molecule has 0 unspecified atom stereocenters. The summed E-state index contributed by atoms with van der Waals surface area (Å²) in [6, 6.07) is 7.19. The number of benzene rings is 1. The van der Waals surface area contributed by atoms with Crippen molar-refractivity contribution >= 4 is 29.5 Å². The normalized spacial score (nSPS) is 10.5. The van der Waals surface area contributed by atoms with Crippen LogP contribution in [0.4, 0.5) is 11.6 Å². The summed E-state index contributed by atoms with van der Waals surface area (Å²) in [7, 11) is 1.58. The first-order valence-corrected chi connectivity index (χ1v) is 6.32. The molecule has 1 aromatic heterocycles. The fourth-order valence-corrected chi connectivity index (χ4v) is 1.56. The molecule has 0 aliphatic rings. The largest absolute Gasteiger partial charge is 0.497 e. The molecule has 2 amide bonds. The van der Waals surface area contributed by atoms with Crippen molar-refractivity contribution in [1.82, 2.24) is 10.3 Å². The molecule has 8 nitrogen and oxygen atoms in total. The van der Waals surface area contributed by atoms with Crippen LogP contribution >= 0.6 is 0 Å². The third kappa shape index (κ3) is 4.17. The minimum absolute atomic E-state index is 0.0413. The van der Waals surface area contributed by atoms with Crippen LogP contribution in [0.25, 0.3) is 6.08 Å². The lowest BCUT2D eigenvalue weighted by atomic mass is 10.2. The molecule has 2 N–H and O–H groups in total. The minimum atomic E-state index is -0.432. The summed E-state index contributed by atoms with van der Waals surface area (Å²) in [6.07, 6.45) is 2.95. The SMILES string of the molecule is COc1ccc(/C=C\C(=O)Nc2nonc2NC(C)=O)cc1. The Labute approximate surface area is 126 Å². The van der Waals surface area contributed by atoms with Gasteiger partial charge in [0.2, 0.25) is 23.5 Å². The van der Waals surface area contributed by atoms with E-state index in [-0.39, 0.29) is 17.5 Å². The van der Waals surface area contributed by atoms with Gasteiger partial charge in [-0.25, -0.2) is 4.63 Å². The zero-order valence-electron chi connectivity index (χ0n) is 12.0. The quantitative estimate of drug-likeness (QED) is 0.814. The number of anilines is 2.